The number of nitrogens with one attached hydrogen (secondary N) is 1. The van der Waals surface area contributed by atoms with Gasteiger partial charge in [0.2, 0.25) is 5.91 Å². The van der Waals surface area contributed by atoms with E-state index in [0.29, 0.717) is 43.0 Å². The van der Waals surface area contributed by atoms with Gasteiger partial charge in [-0.05, 0) is 75.8 Å². The molecule has 0 saturated heterocycles. The summed E-state index contributed by atoms with van der Waals surface area (Å²) < 4.78 is 7.74. The highest BCUT2D eigenvalue weighted by Crippen LogP contribution is 2.36. The van der Waals surface area contributed by atoms with Crippen molar-refractivity contribution in [3.8, 4) is 5.69 Å². The summed E-state index contributed by atoms with van der Waals surface area (Å²) in [5, 5.41) is 4.59. The fourth-order valence-corrected chi connectivity index (χ4v) is 7.00. The molecule has 0 spiro atoms. The number of carbonyl (C=O) groups excluding carboxylic acids is 1. The molecule has 7 nitrogen and oxygen atoms in total. The Labute approximate surface area is 241 Å². The molecule has 0 atom stereocenters. The number of unbranched alkanes of at least 4 members (excludes halogenated alkanes) is 2. The van der Waals surface area contributed by atoms with Crippen LogP contribution in [0.3, 0.4) is 0 Å². The smallest absolute Gasteiger partial charge is 0.264 e. The molecule has 9 heteroatoms. The molecule has 0 unspecified atom stereocenters. The number of aromatic nitrogens is 2. The van der Waals surface area contributed by atoms with E-state index in [1.807, 2.05) is 24.3 Å². The summed E-state index contributed by atoms with van der Waals surface area (Å²) in [6.07, 6.45) is 14.3. The van der Waals surface area contributed by atoms with Gasteiger partial charge >= 0.3 is 0 Å². The van der Waals surface area contributed by atoms with E-state index in [2.05, 4.69) is 17.9 Å². The van der Waals surface area contributed by atoms with Gasteiger partial charge in [0.25, 0.3) is 5.56 Å². The number of benzene rings is 1. The monoisotopic (exact) mass is 570 g/mol. The summed E-state index contributed by atoms with van der Waals surface area (Å²) in [6.45, 7) is 2.89. The predicted octanol–water partition coefficient (Wildman–Crippen LogP) is 5.16. The van der Waals surface area contributed by atoms with E-state index in [4.69, 9.17) is 9.72 Å². The molecule has 5 rings (SSSR count). The van der Waals surface area contributed by atoms with Crippen molar-refractivity contribution in [2.45, 2.75) is 105 Å². The van der Waals surface area contributed by atoms with E-state index in [-0.39, 0.29) is 11.5 Å². The van der Waals surface area contributed by atoms with Crippen LogP contribution in [0.25, 0.3) is 5.69 Å². The van der Waals surface area contributed by atoms with E-state index in [1.165, 1.54) is 38.5 Å². The van der Waals surface area contributed by atoms with Crippen LogP contribution in [-0.4, -0.2) is 58.0 Å². The fraction of sp³-hybridized carbons (Fsp3) is 0.633. The molecule has 2 saturated carbocycles. The molecule has 1 N–H and O–H groups in total. The molecule has 0 radical (unpaired) electrons. The van der Waals surface area contributed by atoms with Crippen LogP contribution in [0.1, 0.15) is 81.9 Å². The number of amides is 1. The number of carbonyl (C=O) groups is 1. The lowest BCUT2D eigenvalue weighted by Gasteiger charge is -2.30. The Morgan fingerprint density at radius 3 is 2.59 bits per heavy atom. The quantitative estimate of drug-likeness (QED) is 0.209. The van der Waals surface area contributed by atoms with Crippen LogP contribution in [0.5, 0.6) is 0 Å². The second-order valence-electron chi connectivity index (χ2n) is 11.1. The summed E-state index contributed by atoms with van der Waals surface area (Å²) >= 11 is 6.11. The van der Waals surface area contributed by atoms with Gasteiger partial charge in [-0.3, -0.25) is 14.2 Å². The van der Waals surface area contributed by atoms with Gasteiger partial charge in [0.1, 0.15) is 0 Å². The zero-order valence-electron chi connectivity index (χ0n) is 22.9. The maximum absolute atomic E-state index is 13.8. The number of hydrogen-bond acceptors (Lipinski definition) is 7. The first-order valence-corrected chi connectivity index (χ1v) is 16.1. The standard InChI is InChI=1S/C30H42N4O3S2/c35-28(20-31-17-5-2-6-19-37-23-8-3-1-4-9-23)33-18-16-27-26(21-33)29(36)34(22-12-14-24(38)15-13-22)30(32-27)39-25-10-7-11-25/h12-15,23,25,31,38H,1-11,16-21H2. The van der Waals surface area contributed by atoms with Gasteiger partial charge in [-0.15, -0.1) is 12.6 Å². The Kier molecular flexibility index (Phi) is 10.4. The van der Waals surface area contributed by atoms with Gasteiger partial charge in [0.05, 0.1) is 36.1 Å². The van der Waals surface area contributed by atoms with Crippen LogP contribution in [0, 0.1) is 0 Å². The van der Waals surface area contributed by atoms with Crippen LogP contribution < -0.4 is 10.9 Å². The molecule has 3 aliphatic rings. The van der Waals surface area contributed by atoms with Crippen molar-refractivity contribution in [3.05, 3.63) is 45.9 Å². The molecular formula is C30H42N4O3S2. The third-order valence-corrected chi connectivity index (χ3v) is 9.75. The van der Waals surface area contributed by atoms with Crippen LogP contribution in [0.4, 0.5) is 0 Å². The van der Waals surface area contributed by atoms with Crippen LogP contribution in [0.15, 0.2) is 39.1 Å². The van der Waals surface area contributed by atoms with Crippen molar-refractivity contribution in [1.82, 2.24) is 19.8 Å². The maximum atomic E-state index is 13.8. The SMILES string of the molecule is O=C(CNCCCCCOC1CCCCC1)N1CCc2nc(SC3CCC3)n(-c3ccc(S)cc3)c(=O)c2C1. The minimum absolute atomic E-state index is 0.0413. The number of ether oxygens (including phenoxy) is 1. The van der Waals surface area contributed by atoms with Crippen molar-refractivity contribution < 1.29 is 9.53 Å². The van der Waals surface area contributed by atoms with Crippen LogP contribution >= 0.6 is 24.4 Å². The second-order valence-corrected chi connectivity index (χ2v) is 12.9. The van der Waals surface area contributed by atoms with Crippen molar-refractivity contribution in [2.24, 2.45) is 0 Å². The highest BCUT2D eigenvalue weighted by Gasteiger charge is 2.28. The minimum Gasteiger partial charge on any atom is -0.378 e. The Hall–Kier alpha value is -1.81. The van der Waals surface area contributed by atoms with Gasteiger partial charge < -0.3 is 15.0 Å². The molecule has 212 valence electrons. The van der Waals surface area contributed by atoms with Crippen molar-refractivity contribution in [1.29, 1.82) is 0 Å². The van der Waals surface area contributed by atoms with Gasteiger partial charge in [0, 0.05) is 29.7 Å². The van der Waals surface area contributed by atoms with Gasteiger partial charge in [0.15, 0.2) is 5.16 Å². The largest absolute Gasteiger partial charge is 0.378 e. The Morgan fingerprint density at radius 1 is 1.05 bits per heavy atom. The lowest BCUT2D eigenvalue weighted by atomic mass is 9.98. The number of rotatable bonds is 12. The number of fused-ring (bicyclic) bond motifs is 1. The number of nitrogens with zero attached hydrogens (tertiary/aromatic N) is 3. The van der Waals surface area contributed by atoms with Crippen molar-refractivity contribution >= 4 is 30.3 Å². The molecule has 0 bridgehead atoms. The molecule has 2 heterocycles. The summed E-state index contributed by atoms with van der Waals surface area (Å²) in [5.41, 5.74) is 2.22. The molecule has 2 fully saturated rings. The predicted molar refractivity (Wildman–Crippen MR) is 159 cm³/mol. The number of hydrogen-bond donors (Lipinski definition) is 2. The Bertz CT molecular complexity index is 1160. The number of thioether (sulfide) groups is 1. The van der Waals surface area contributed by atoms with E-state index >= 15 is 0 Å². The molecular weight excluding hydrogens is 528 g/mol. The van der Waals surface area contributed by atoms with Crippen molar-refractivity contribution in [2.75, 3.05) is 26.2 Å². The minimum atomic E-state index is -0.0605. The van der Waals surface area contributed by atoms with Gasteiger partial charge in [-0.25, -0.2) is 4.98 Å². The van der Waals surface area contributed by atoms with E-state index < -0.39 is 0 Å². The molecule has 1 amide bonds. The third kappa shape index (κ3) is 7.69. The Balaban J connectivity index is 1.13. The molecule has 2 aliphatic carbocycles. The molecule has 2 aromatic rings. The normalized spacial score (nSPS) is 18.1. The third-order valence-electron chi connectivity index (χ3n) is 8.16. The lowest BCUT2D eigenvalue weighted by molar-refractivity contribution is -0.131. The summed E-state index contributed by atoms with van der Waals surface area (Å²) in [6, 6.07) is 7.63. The van der Waals surface area contributed by atoms with Gasteiger partial charge in [-0.1, -0.05) is 37.4 Å². The highest BCUT2D eigenvalue weighted by atomic mass is 32.2. The van der Waals surface area contributed by atoms with E-state index in [9.17, 15) is 9.59 Å². The molecule has 1 aromatic carbocycles. The first kappa shape index (κ1) is 28.7. The topological polar surface area (TPSA) is 76.5 Å². The van der Waals surface area contributed by atoms with Crippen LogP contribution in [-0.2, 0) is 22.5 Å². The summed E-state index contributed by atoms with van der Waals surface area (Å²) in [4.78, 5) is 34.4. The average molecular weight is 571 g/mol. The zero-order valence-corrected chi connectivity index (χ0v) is 24.6. The average Bonchev–Trinajstić information content (AvgIpc) is 2.93. The zero-order chi connectivity index (χ0) is 27.0. The Morgan fingerprint density at radius 2 is 1.85 bits per heavy atom. The fourth-order valence-electron chi connectivity index (χ4n) is 5.53. The second kappa shape index (κ2) is 14.2. The summed E-state index contributed by atoms with van der Waals surface area (Å²) in [7, 11) is 0. The first-order chi connectivity index (χ1) is 19.1. The summed E-state index contributed by atoms with van der Waals surface area (Å²) in [5.74, 6) is 0.0413. The van der Waals surface area contributed by atoms with E-state index in [1.54, 1.807) is 21.2 Å². The highest BCUT2D eigenvalue weighted by molar-refractivity contribution is 7.99. The molecule has 39 heavy (non-hydrogen) atoms. The number of thiol groups is 1. The van der Waals surface area contributed by atoms with E-state index in [0.717, 1.165) is 66.7 Å². The van der Waals surface area contributed by atoms with Crippen molar-refractivity contribution in [3.63, 3.8) is 0 Å². The van der Waals surface area contributed by atoms with Crippen LogP contribution in [0.2, 0.25) is 0 Å². The lowest BCUT2D eigenvalue weighted by Crippen LogP contribution is -2.44. The maximum Gasteiger partial charge on any atom is 0.264 e. The molecule has 1 aliphatic heterocycles. The molecule has 1 aromatic heterocycles. The van der Waals surface area contributed by atoms with Gasteiger partial charge in [-0.2, -0.15) is 0 Å². The first-order valence-electron chi connectivity index (χ1n) is 14.8.